The topological polar surface area (TPSA) is 80.8 Å². The molecule has 0 atom stereocenters. The molecule has 0 unspecified atom stereocenters. The van der Waals surface area contributed by atoms with Gasteiger partial charge in [0.15, 0.2) is 5.13 Å². The Morgan fingerprint density at radius 2 is 1.96 bits per heavy atom. The maximum Gasteiger partial charge on any atom is 0.324 e. The van der Waals surface area contributed by atoms with Crippen LogP contribution in [0.1, 0.15) is 29.1 Å². The molecule has 0 radical (unpaired) electrons. The van der Waals surface area contributed by atoms with Gasteiger partial charge < -0.3 is 4.90 Å². The van der Waals surface area contributed by atoms with Gasteiger partial charge >= 0.3 is 5.00 Å². The molecule has 9 heteroatoms. The minimum absolute atomic E-state index is 0.0298. The zero-order chi connectivity index (χ0) is 20.3. The number of carbonyl (C=O) groups excluding carboxylic acids is 1. The van der Waals surface area contributed by atoms with Crippen molar-refractivity contribution in [2.45, 2.75) is 20.8 Å². The fraction of sp³-hybridized carbons (Fsp3) is 0.368. The molecule has 0 aliphatic rings. The number of aromatic nitrogens is 1. The summed E-state index contributed by atoms with van der Waals surface area (Å²) in [6, 6.07) is 8.89. The van der Waals surface area contributed by atoms with Crippen LogP contribution >= 0.6 is 22.7 Å². The first-order chi connectivity index (χ1) is 13.4. The molecule has 1 N–H and O–H groups in total. The summed E-state index contributed by atoms with van der Waals surface area (Å²) in [5, 5.41) is 11.6. The number of anilines is 1. The second-order valence-corrected chi connectivity index (χ2v) is 8.55. The first-order valence-corrected chi connectivity index (χ1v) is 10.8. The summed E-state index contributed by atoms with van der Waals surface area (Å²) in [5.41, 5.74) is 1.96. The monoisotopic (exact) mass is 419 g/mol. The van der Waals surface area contributed by atoms with E-state index < -0.39 is 4.92 Å². The lowest BCUT2D eigenvalue weighted by atomic mass is 10.2. The van der Waals surface area contributed by atoms with Crippen molar-refractivity contribution in [2.75, 3.05) is 31.1 Å². The highest BCUT2D eigenvalue weighted by Crippen LogP contribution is 2.32. The van der Waals surface area contributed by atoms with Crippen LogP contribution in [0.4, 0.5) is 10.1 Å². The van der Waals surface area contributed by atoms with Gasteiger partial charge in [-0.2, -0.15) is 0 Å². The first-order valence-electron chi connectivity index (χ1n) is 9.20. The number of nitrogens with one attached hydrogen (secondary N) is 1. The number of aryl methyl sites for hydroxylation is 1. The Balaban J connectivity index is 1.96. The molecule has 0 saturated heterocycles. The quantitative estimate of drug-likeness (QED) is 0.449. The average molecular weight is 420 g/mol. The lowest BCUT2D eigenvalue weighted by Crippen LogP contribution is -3.12. The standard InChI is InChI=1S/C19H22N4O3S2/c1-4-21(5-2)11-12-22(18(24)15-9-10-16(27-15)23(25)26)19-20-17-13(3)7-6-8-14(17)28-19/h6-10H,4-5,11-12H2,1-3H3/p+1. The van der Waals surface area contributed by atoms with Crippen molar-refractivity contribution in [2.24, 2.45) is 0 Å². The van der Waals surface area contributed by atoms with E-state index >= 15 is 0 Å². The molecule has 1 amide bonds. The summed E-state index contributed by atoms with van der Waals surface area (Å²) in [4.78, 5) is 31.9. The van der Waals surface area contributed by atoms with Crippen LogP contribution in [-0.2, 0) is 0 Å². The number of rotatable bonds is 8. The van der Waals surface area contributed by atoms with E-state index in [4.69, 9.17) is 4.98 Å². The van der Waals surface area contributed by atoms with Gasteiger partial charge in [0.05, 0.1) is 46.2 Å². The summed E-state index contributed by atoms with van der Waals surface area (Å²) in [6.07, 6.45) is 0. The van der Waals surface area contributed by atoms with E-state index in [0.717, 1.165) is 46.8 Å². The Bertz CT molecular complexity index is 994. The van der Waals surface area contributed by atoms with Crippen molar-refractivity contribution in [1.82, 2.24) is 4.98 Å². The fourth-order valence-corrected chi connectivity index (χ4v) is 4.86. The molecule has 2 aromatic heterocycles. The Hall–Kier alpha value is -2.36. The molecule has 28 heavy (non-hydrogen) atoms. The predicted octanol–water partition coefficient (Wildman–Crippen LogP) is 3.15. The molecule has 0 fully saturated rings. The normalized spacial score (nSPS) is 11.3. The largest absolute Gasteiger partial charge is 0.334 e. The van der Waals surface area contributed by atoms with Gasteiger partial charge in [0.1, 0.15) is 0 Å². The van der Waals surface area contributed by atoms with Crippen molar-refractivity contribution in [3.63, 3.8) is 0 Å². The van der Waals surface area contributed by atoms with Crippen molar-refractivity contribution >= 4 is 48.9 Å². The summed E-state index contributed by atoms with van der Waals surface area (Å²) in [7, 11) is 0. The number of amides is 1. The lowest BCUT2D eigenvalue weighted by Gasteiger charge is -2.22. The number of fused-ring (bicyclic) bond motifs is 1. The zero-order valence-electron chi connectivity index (χ0n) is 16.1. The van der Waals surface area contributed by atoms with E-state index in [1.54, 1.807) is 4.90 Å². The van der Waals surface area contributed by atoms with E-state index in [9.17, 15) is 14.9 Å². The molecular formula is C19H23N4O3S2+. The van der Waals surface area contributed by atoms with Crippen LogP contribution in [0, 0.1) is 17.0 Å². The number of nitro groups is 1. The van der Waals surface area contributed by atoms with Gasteiger partial charge in [0, 0.05) is 6.07 Å². The Morgan fingerprint density at radius 1 is 1.21 bits per heavy atom. The Labute approximate surface area is 171 Å². The minimum Gasteiger partial charge on any atom is -0.334 e. The van der Waals surface area contributed by atoms with Gasteiger partial charge in [0.25, 0.3) is 5.91 Å². The zero-order valence-corrected chi connectivity index (χ0v) is 17.7. The maximum atomic E-state index is 13.2. The molecule has 0 aliphatic carbocycles. The third kappa shape index (κ3) is 4.21. The van der Waals surface area contributed by atoms with Gasteiger partial charge in [-0.05, 0) is 38.5 Å². The van der Waals surface area contributed by atoms with Gasteiger partial charge in [-0.1, -0.05) is 34.8 Å². The summed E-state index contributed by atoms with van der Waals surface area (Å²) < 4.78 is 1.03. The number of hydrogen-bond donors (Lipinski definition) is 1. The van der Waals surface area contributed by atoms with Gasteiger partial charge in [-0.15, -0.1) is 0 Å². The van der Waals surface area contributed by atoms with E-state index in [1.165, 1.54) is 28.4 Å². The highest BCUT2D eigenvalue weighted by molar-refractivity contribution is 7.22. The maximum absolute atomic E-state index is 13.2. The molecule has 0 spiro atoms. The molecule has 1 aromatic carbocycles. The van der Waals surface area contributed by atoms with E-state index in [1.807, 2.05) is 25.1 Å². The van der Waals surface area contributed by atoms with Crippen molar-refractivity contribution in [1.29, 1.82) is 0 Å². The Morgan fingerprint density at radius 3 is 2.57 bits per heavy atom. The molecule has 2 heterocycles. The van der Waals surface area contributed by atoms with Crippen LogP contribution in [0.5, 0.6) is 0 Å². The second-order valence-electron chi connectivity index (χ2n) is 6.48. The third-order valence-electron chi connectivity index (χ3n) is 4.76. The van der Waals surface area contributed by atoms with Crippen molar-refractivity contribution in [3.8, 4) is 0 Å². The van der Waals surface area contributed by atoms with Crippen LogP contribution in [0.2, 0.25) is 0 Å². The smallest absolute Gasteiger partial charge is 0.324 e. The third-order valence-corrected chi connectivity index (χ3v) is 6.83. The molecule has 3 aromatic rings. The van der Waals surface area contributed by atoms with Crippen LogP contribution in [0.15, 0.2) is 30.3 Å². The molecule has 0 aliphatic heterocycles. The number of benzene rings is 1. The van der Waals surface area contributed by atoms with Gasteiger partial charge in [-0.25, -0.2) is 4.98 Å². The molecule has 0 bridgehead atoms. The molecule has 7 nitrogen and oxygen atoms in total. The number of thiazole rings is 1. The van der Waals surface area contributed by atoms with Crippen molar-refractivity contribution < 1.29 is 14.6 Å². The molecule has 0 saturated carbocycles. The average Bonchev–Trinajstić information content (AvgIpc) is 3.33. The van der Waals surface area contributed by atoms with Gasteiger partial charge in [0.2, 0.25) is 0 Å². The van der Waals surface area contributed by atoms with E-state index in [2.05, 4.69) is 13.8 Å². The second kappa shape index (κ2) is 8.76. The number of carbonyl (C=O) groups is 1. The molecular weight excluding hydrogens is 396 g/mol. The number of para-hydroxylation sites is 1. The molecule has 3 rings (SSSR count). The number of quaternary nitrogens is 1. The van der Waals surface area contributed by atoms with Crippen LogP contribution in [-0.4, -0.2) is 42.0 Å². The summed E-state index contributed by atoms with van der Waals surface area (Å²) in [6.45, 7) is 9.50. The van der Waals surface area contributed by atoms with E-state index in [-0.39, 0.29) is 10.9 Å². The van der Waals surface area contributed by atoms with Crippen LogP contribution in [0.3, 0.4) is 0 Å². The van der Waals surface area contributed by atoms with Crippen molar-refractivity contribution in [3.05, 3.63) is 50.9 Å². The van der Waals surface area contributed by atoms with E-state index in [0.29, 0.717) is 16.6 Å². The highest BCUT2D eigenvalue weighted by Gasteiger charge is 2.26. The first kappa shape index (κ1) is 20.4. The Kier molecular flexibility index (Phi) is 6.38. The number of likely N-dealkylation sites (N-methyl/N-ethyl adjacent to an activating group) is 1. The predicted molar refractivity (Wildman–Crippen MR) is 114 cm³/mol. The fourth-order valence-electron chi connectivity index (χ4n) is 3.02. The summed E-state index contributed by atoms with van der Waals surface area (Å²) in [5.74, 6) is -0.235. The van der Waals surface area contributed by atoms with Crippen LogP contribution in [0.25, 0.3) is 10.2 Å². The SMILES string of the molecule is CC[NH+](CC)CCN(C(=O)c1ccc([N+](=O)[O-])s1)c1nc2c(C)cccc2s1. The van der Waals surface area contributed by atoms with Gasteiger partial charge in [-0.3, -0.25) is 19.8 Å². The number of hydrogen-bond acceptors (Lipinski definition) is 6. The number of nitrogens with zero attached hydrogens (tertiary/aromatic N) is 3. The lowest BCUT2D eigenvalue weighted by molar-refractivity contribution is -0.894. The summed E-state index contributed by atoms with van der Waals surface area (Å²) >= 11 is 2.39. The van der Waals surface area contributed by atoms with Crippen LogP contribution < -0.4 is 9.80 Å². The number of thiophene rings is 1. The molecule has 148 valence electrons. The highest BCUT2D eigenvalue weighted by atomic mass is 32.1. The minimum atomic E-state index is -0.465.